The van der Waals surface area contributed by atoms with Gasteiger partial charge in [-0.2, -0.15) is 5.10 Å². The van der Waals surface area contributed by atoms with E-state index in [-0.39, 0.29) is 5.56 Å². The zero-order valence-electron chi connectivity index (χ0n) is 10.8. The number of halogens is 1. The Morgan fingerprint density at radius 3 is 2.79 bits per heavy atom. The Balaban J connectivity index is 2.49. The summed E-state index contributed by atoms with van der Waals surface area (Å²) < 4.78 is 14.8. The number of hydrogen-bond acceptors (Lipinski definition) is 2. The lowest BCUT2D eigenvalue weighted by molar-refractivity contribution is 0.0697. The van der Waals surface area contributed by atoms with Crippen molar-refractivity contribution >= 4 is 5.97 Å². The van der Waals surface area contributed by atoms with E-state index in [1.807, 2.05) is 13.8 Å². The quantitative estimate of drug-likeness (QED) is 0.921. The molecule has 0 saturated heterocycles. The van der Waals surface area contributed by atoms with Crippen molar-refractivity contribution in [3.8, 4) is 11.3 Å². The van der Waals surface area contributed by atoms with Crippen molar-refractivity contribution in [1.29, 1.82) is 0 Å². The van der Waals surface area contributed by atoms with Crippen LogP contribution >= 0.6 is 0 Å². The monoisotopic (exact) mass is 262 g/mol. The third-order valence-corrected chi connectivity index (χ3v) is 2.64. The predicted molar refractivity (Wildman–Crippen MR) is 69.4 cm³/mol. The summed E-state index contributed by atoms with van der Waals surface area (Å²) >= 11 is 0. The lowest BCUT2D eigenvalue weighted by atomic mass is 10.1. The normalized spacial score (nSPS) is 10.9. The summed E-state index contributed by atoms with van der Waals surface area (Å²) in [5.41, 5.74) is 0.860. The molecule has 0 aliphatic heterocycles. The van der Waals surface area contributed by atoms with Crippen molar-refractivity contribution in [2.75, 3.05) is 0 Å². The zero-order chi connectivity index (χ0) is 14.0. The molecule has 4 nitrogen and oxygen atoms in total. The van der Waals surface area contributed by atoms with Gasteiger partial charge in [-0.3, -0.25) is 4.68 Å². The summed E-state index contributed by atoms with van der Waals surface area (Å²) in [4.78, 5) is 11.2. The first kappa shape index (κ1) is 13.3. The zero-order valence-corrected chi connectivity index (χ0v) is 10.8. The van der Waals surface area contributed by atoms with Crippen molar-refractivity contribution in [1.82, 2.24) is 9.78 Å². The summed E-state index contributed by atoms with van der Waals surface area (Å²) in [6.45, 7) is 4.66. The molecule has 100 valence electrons. The highest BCUT2D eigenvalue weighted by atomic mass is 19.1. The third kappa shape index (κ3) is 2.99. The summed E-state index contributed by atoms with van der Waals surface area (Å²) in [5.74, 6) is -1.12. The number of carbonyl (C=O) groups is 1. The second-order valence-electron chi connectivity index (χ2n) is 4.82. The molecule has 0 radical (unpaired) electrons. The maximum absolute atomic E-state index is 13.2. The lowest BCUT2D eigenvalue weighted by Crippen LogP contribution is -2.04. The average molecular weight is 262 g/mol. The van der Waals surface area contributed by atoms with Crippen LogP contribution in [-0.2, 0) is 6.54 Å². The molecule has 0 atom stereocenters. The number of rotatable bonds is 4. The second kappa shape index (κ2) is 5.22. The van der Waals surface area contributed by atoms with Gasteiger partial charge in [-0.1, -0.05) is 26.0 Å². The molecular weight excluding hydrogens is 247 g/mol. The van der Waals surface area contributed by atoms with E-state index in [4.69, 9.17) is 0 Å². The standard InChI is InChI=1S/C14H15FN2O2/c1-9(2)7-17-8-12(14(18)19)13(16-17)10-4-3-5-11(15)6-10/h3-6,8-9H,7H2,1-2H3,(H,18,19). The van der Waals surface area contributed by atoms with Crippen LogP contribution in [0.2, 0.25) is 0 Å². The largest absolute Gasteiger partial charge is 0.478 e. The van der Waals surface area contributed by atoms with Gasteiger partial charge in [0, 0.05) is 18.3 Å². The van der Waals surface area contributed by atoms with E-state index in [9.17, 15) is 14.3 Å². The molecule has 5 heteroatoms. The number of hydrogen-bond donors (Lipinski definition) is 1. The molecule has 19 heavy (non-hydrogen) atoms. The van der Waals surface area contributed by atoms with E-state index < -0.39 is 11.8 Å². The third-order valence-electron chi connectivity index (χ3n) is 2.64. The van der Waals surface area contributed by atoms with E-state index in [0.29, 0.717) is 23.7 Å². The molecule has 1 heterocycles. The molecule has 1 aromatic heterocycles. The summed E-state index contributed by atoms with van der Waals surface area (Å²) in [6.07, 6.45) is 1.49. The first-order valence-corrected chi connectivity index (χ1v) is 6.04. The van der Waals surface area contributed by atoms with E-state index in [0.717, 1.165) is 0 Å². The fourth-order valence-electron chi connectivity index (χ4n) is 1.89. The molecule has 0 aliphatic rings. The van der Waals surface area contributed by atoms with Crippen molar-refractivity contribution in [2.45, 2.75) is 20.4 Å². The molecule has 1 N–H and O–H groups in total. The van der Waals surface area contributed by atoms with Gasteiger partial charge in [0.25, 0.3) is 0 Å². The second-order valence-corrected chi connectivity index (χ2v) is 4.82. The van der Waals surface area contributed by atoms with E-state index >= 15 is 0 Å². The molecule has 0 saturated carbocycles. The fourth-order valence-corrected chi connectivity index (χ4v) is 1.89. The van der Waals surface area contributed by atoms with Crippen LogP contribution in [0, 0.1) is 11.7 Å². The molecule has 0 spiro atoms. The Morgan fingerprint density at radius 2 is 2.21 bits per heavy atom. The molecular formula is C14H15FN2O2. The Kier molecular flexibility index (Phi) is 3.64. The maximum atomic E-state index is 13.2. The van der Waals surface area contributed by atoms with E-state index in [2.05, 4.69) is 5.10 Å². The van der Waals surface area contributed by atoms with Crippen molar-refractivity contribution in [3.05, 3.63) is 41.8 Å². The first-order valence-electron chi connectivity index (χ1n) is 6.04. The topological polar surface area (TPSA) is 55.1 Å². The molecule has 2 rings (SSSR count). The van der Waals surface area contributed by atoms with Crippen molar-refractivity contribution in [3.63, 3.8) is 0 Å². The van der Waals surface area contributed by atoms with Crippen LogP contribution in [0.3, 0.4) is 0 Å². The highest BCUT2D eigenvalue weighted by Crippen LogP contribution is 2.23. The Labute approximate surface area is 110 Å². The highest BCUT2D eigenvalue weighted by molar-refractivity contribution is 5.94. The van der Waals surface area contributed by atoms with Gasteiger partial charge < -0.3 is 5.11 Å². The van der Waals surface area contributed by atoms with Crippen LogP contribution in [0.15, 0.2) is 30.5 Å². The van der Waals surface area contributed by atoms with Gasteiger partial charge in [0.1, 0.15) is 17.1 Å². The van der Waals surface area contributed by atoms with E-state index in [1.165, 1.54) is 24.4 Å². The highest BCUT2D eigenvalue weighted by Gasteiger charge is 2.17. The van der Waals surface area contributed by atoms with Gasteiger partial charge in [0.2, 0.25) is 0 Å². The molecule has 0 unspecified atom stereocenters. The number of nitrogens with zero attached hydrogens (tertiary/aromatic N) is 2. The van der Waals surface area contributed by atoms with Crippen molar-refractivity contribution < 1.29 is 14.3 Å². The van der Waals surface area contributed by atoms with Crippen LogP contribution in [0.5, 0.6) is 0 Å². The van der Waals surface area contributed by atoms with Crippen LogP contribution in [0.1, 0.15) is 24.2 Å². The van der Waals surface area contributed by atoms with Crippen LogP contribution in [0.25, 0.3) is 11.3 Å². The Hall–Kier alpha value is -2.17. The summed E-state index contributed by atoms with van der Waals surface area (Å²) in [5, 5.41) is 13.4. The predicted octanol–water partition coefficient (Wildman–Crippen LogP) is 3.04. The minimum atomic E-state index is -1.06. The van der Waals surface area contributed by atoms with E-state index in [1.54, 1.807) is 10.7 Å². The van der Waals surface area contributed by atoms with Gasteiger partial charge in [-0.15, -0.1) is 0 Å². The SMILES string of the molecule is CC(C)Cn1cc(C(=O)O)c(-c2cccc(F)c2)n1. The Bertz CT molecular complexity index is 605. The van der Waals surface area contributed by atoms with Gasteiger partial charge in [0.15, 0.2) is 0 Å². The van der Waals surface area contributed by atoms with Crippen molar-refractivity contribution in [2.24, 2.45) is 5.92 Å². The first-order chi connectivity index (χ1) is 8.97. The number of benzene rings is 1. The molecule has 0 aliphatic carbocycles. The maximum Gasteiger partial charge on any atom is 0.339 e. The summed E-state index contributed by atoms with van der Waals surface area (Å²) in [7, 11) is 0. The van der Waals surface area contributed by atoms with Gasteiger partial charge in [0.05, 0.1) is 0 Å². The number of aromatic nitrogens is 2. The summed E-state index contributed by atoms with van der Waals surface area (Å²) in [6, 6.07) is 5.79. The molecule has 0 fully saturated rings. The minimum Gasteiger partial charge on any atom is -0.478 e. The van der Waals surface area contributed by atoms with Gasteiger partial charge in [-0.05, 0) is 18.1 Å². The number of carboxylic acids is 1. The van der Waals surface area contributed by atoms with Gasteiger partial charge in [-0.25, -0.2) is 9.18 Å². The average Bonchev–Trinajstić information content (AvgIpc) is 2.72. The molecule has 0 amide bonds. The molecule has 2 aromatic rings. The minimum absolute atomic E-state index is 0.0891. The number of aromatic carboxylic acids is 1. The van der Waals surface area contributed by atoms with Gasteiger partial charge >= 0.3 is 5.97 Å². The lowest BCUT2D eigenvalue weighted by Gasteiger charge is -2.03. The molecule has 0 bridgehead atoms. The Morgan fingerprint density at radius 1 is 1.47 bits per heavy atom. The smallest absolute Gasteiger partial charge is 0.339 e. The number of carboxylic acid groups (broad SMARTS) is 1. The van der Waals surface area contributed by atoms with Crippen LogP contribution in [0.4, 0.5) is 4.39 Å². The molecule has 1 aromatic carbocycles. The fraction of sp³-hybridized carbons (Fsp3) is 0.286. The van der Waals surface area contributed by atoms with Crippen LogP contribution < -0.4 is 0 Å². The van der Waals surface area contributed by atoms with Crippen LogP contribution in [-0.4, -0.2) is 20.9 Å².